The second-order valence-electron chi connectivity index (χ2n) is 30.1. The number of rotatable bonds is 6. The molecule has 0 heterocycles. The molecule has 0 spiro atoms. The number of fused-ring (bicyclic) bond motifs is 14. The summed E-state index contributed by atoms with van der Waals surface area (Å²) in [6.45, 7) is 44.2. The van der Waals surface area contributed by atoms with Gasteiger partial charge in [-0.25, -0.2) is 0 Å². The lowest BCUT2D eigenvalue weighted by atomic mass is 9.32. The number of carbonyl (C=O) groups excluding carboxylic acids is 3. The van der Waals surface area contributed by atoms with Gasteiger partial charge in [0.15, 0.2) is 0 Å². The Morgan fingerprint density at radius 1 is 0.556 bits per heavy atom. The normalized spacial score (nSPS) is 53.1. The van der Waals surface area contributed by atoms with E-state index in [0.717, 1.165) is 55.8 Å². The van der Waals surface area contributed by atoms with Crippen LogP contribution in [0.15, 0.2) is 24.3 Å². The highest BCUT2D eigenvalue weighted by Crippen LogP contribution is 2.79. The van der Waals surface area contributed by atoms with Crippen LogP contribution in [0.1, 0.15) is 225 Å². The molecule has 0 aromatic heterocycles. The van der Waals surface area contributed by atoms with Gasteiger partial charge in [-0.2, -0.15) is 0 Å². The van der Waals surface area contributed by atoms with E-state index in [0.29, 0.717) is 96.0 Å². The molecule has 6 nitrogen and oxygen atoms in total. The molecule has 22 atom stereocenters. The standard InChI is InChI=1S/C32H52O3.C32H50O3.CH5P/c2*1-20(2)22-11-14-28(4)17-18-31(7)23(27(22)28)9-10-25-29(5)15-13-26(34)30(6,19-35-21(3)33)24(29)12-16-32(25,31)8;1-2/h22-27,34H,1,9-19H2,2-8H3;22-25,27H,1,9-19H2,2-8H3;2H2,1H3/t22-,23?,24?,25?,26-,27?,28+,29-,30-,31+,32+;22-,23?,24?,25?,27?,28+,29-,30-,31+,32+;/m00./s1/i;;2D. The summed E-state index contributed by atoms with van der Waals surface area (Å²) in [5.74, 6) is 6.38. The predicted octanol–water partition coefficient (Wildman–Crippen LogP) is 15.8. The van der Waals surface area contributed by atoms with Crippen LogP contribution in [0.4, 0.5) is 0 Å². The van der Waals surface area contributed by atoms with Crippen LogP contribution in [0, 0.1) is 113 Å². The maximum Gasteiger partial charge on any atom is 0.302 e. The van der Waals surface area contributed by atoms with Gasteiger partial charge in [-0.3, -0.25) is 14.4 Å². The van der Waals surface area contributed by atoms with E-state index in [1.807, 2.05) is 6.66 Å². The molecule has 10 fully saturated rings. The zero-order valence-corrected chi connectivity index (χ0v) is 49.8. The summed E-state index contributed by atoms with van der Waals surface area (Å²) in [7, 11) is 0.333. The number of aliphatic hydroxyl groups excluding tert-OH is 1. The first-order valence-corrected chi connectivity index (χ1v) is 30.7. The smallest absolute Gasteiger partial charge is 0.302 e. The van der Waals surface area contributed by atoms with Crippen LogP contribution in [0.3, 0.4) is 0 Å². The number of ether oxygens (including phenoxy) is 2. The Hall–Kier alpha value is -1.52. The fourth-order valence-electron chi connectivity index (χ4n) is 23.3. The molecule has 1 N–H and O–H groups in total. The van der Waals surface area contributed by atoms with Gasteiger partial charge in [-0.05, 0) is 245 Å². The van der Waals surface area contributed by atoms with Gasteiger partial charge >= 0.3 is 11.9 Å². The van der Waals surface area contributed by atoms with E-state index < -0.39 is 5.41 Å². The Bertz CT molecular complexity index is 2160. The maximum atomic E-state index is 13.3. The number of aliphatic hydroxyl groups is 1. The van der Waals surface area contributed by atoms with E-state index in [1.54, 1.807) is 0 Å². The lowest BCUT2D eigenvalue weighted by molar-refractivity contribution is -0.254. The Balaban J connectivity index is 0.000000185. The summed E-state index contributed by atoms with van der Waals surface area (Å²) in [4.78, 5) is 36.8. The number of Topliss-reactive ketones (excluding diaryl/α,β-unsaturated/α-hetero) is 1. The van der Waals surface area contributed by atoms with Crippen molar-refractivity contribution in [2.24, 2.45) is 113 Å². The van der Waals surface area contributed by atoms with Gasteiger partial charge in [0.1, 0.15) is 12.4 Å². The van der Waals surface area contributed by atoms with E-state index in [1.165, 1.54) is 115 Å². The van der Waals surface area contributed by atoms with Crippen molar-refractivity contribution in [1.29, 1.82) is 1.28 Å². The third-order valence-corrected chi connectivity index (χ3v) is 27.5. The summed E-state index contributed by atoms with van der Waals surface area (Å²) in [5, 5.41) is 11.2. The summed E-state index contributed by atoms with van der Waals surface area (Å²) in [6.07, 6.45) is 24.0. The quantitative estimate of drug-likeness (QED) is 0.162. The number of ketones is 1. The number of hydrogen-bond acceptors (Lipinski definition) is 6. The Morgan fingerprint density at radius 2 is 0.986 bits per heavy atom. The average Bonchev–Trinajstić information content (AvgIpc) is 3.86. The summed E-state index contributed by atoms with van der Waals surface area (Å²) >= 11 is 0. The van der Waals surface area contributed by atoms with E-state index >= 15 is 0 Å². The van der Waals surface area contributed by atoms with E-state index in [4.69, 9.17) is 10.8 Å². The largest absolute Gasteiger partial charge is 0.465 e. The molecule has 0 aromatic carbocycles. The third kappa shape index (κ3) is 8.08. The first kappa shape index (κ1) is 55.2. The second kappa shape index (κ2) is 19.1. The van der Waals surface area contributed by atoms with Gasteiger partial charge in [0, 0.05) is 25.7 Å². The highest BCUT2D eigenvalue weighted by molar-refractivity contribution is 7.15. The number of allylic oxidation sites excluding steroid dienone is 2. The fraction of sp³-hybridized carbons (Fsp3) is 0.892. The zero-order chi connectivity index (χ0) is 53.9. The van der Waals surface area contributed by atoms with Crippen molar-refractivity contribution in [2.45, 2.75) is 231 Å². The molecule has 0 aromatic rings. The van der Waals surface area contributed by atoms with Crippen molar-refractivity contribution >= 4 is 26.9 Å². The lowest BCUT2D eigenvalue weighted by Gasteiger charge is -2.73. The summed E-state index contributed by atoms with van der Waals surface area (Å²) in [6, 6.07) is 0. The average molecular weight is 1020 g/mol. The summed E-state index contributed by atoms with van der Waals surface area (Å²) in [5.41, 5.74) is 4.60. The van der Waals surface area contributed by atoms with Gasteiger partial charge in [-0.15, -0.1) is 9.18 Å². The number of carbonyl (C=O) groups is 3. The van der Waals surface area contributed by atoms with Gasteiger partial charge in [-0.1, -0.05) is 93.3 Å². The van der Waals surface area contributed by atoms with Crippen LogP contribution in [0.25, 0.3) is 0 Å². The highest BCUT2D eigenvalue weighted by Gasteiger charge is 2.73. The number of esters is 2. The Labute approximate surface area is 444 Å². The molecule has 10 rings (SSSR count). The zero-order valence-electron chi connectivity index (χ0n) is 49.8. The highest BCUT2D eigenvalue weighted by atomic mass is 31.0. The predicted molar refractivity (Wildman–Crippen MR) is 298 cm³/mol. The molecule has 7 heteroatoms. The van der Waals surface area contributed by atoms with Crippen molar-refractivity contribution in [3.8, 4) is 0 Å². The van der Waals surface area contributed by atoms with E-state index in [9.17, 15) is 19.5 Å². The summed E-state index contributed by atoms with van der Waals surface area (Å²) < 4.78 is 17.4. The molecule has 0 amide bonds. The lowest BCUT2D eigenvalue weighted by Crippen LogP contribution is -2.67. The molecule has 0 aliphatic heterocycles. The minimum Gasteiger partial charge on any atom is -0.465 e. The van der Waals surface area contributed by atoms with Crippen molar-refractivity contribution in [3.05, 3.63) is 24.3 Å². The van der Waals surface area contributed by atoms with Crippen molar-refractivity contribution in [1.82, 2.24) is 0 Å². The van der Waals surface area contributed by atoms with Crippen LogP contribution in [-0.4, -0.2) is 50.1 Å². The van der Waals surface area contributed by atoms with Crippen molar-refractivity contribution in [2.75, 3.05) is 19.9 Å². The van der Waals surface area contributed by atoms with Gasteiger partial charge < -0.3 is 14.6 Å². The topological polar surface area (TPSA) is 89.9 Å². The first-order valence-electron chi connectivity index (χ1n) is 30.2. The minimum absolute atomic E-state index is 0.133. The molecule has 0 radical (unpaired) electrons. The van der Waals surface area contributed by atoms with Crippen molar-refractivity contribution in [3.63, 3.8) is 0 Å². The number of hydrogen-bond donors (Lipinski definition) is 1. The molecule has 10 saturated carbocycles. The van der Waals surface area contributed by atoms with Crippen molar-refractivity contribution < 1.29 is 29.0 Å². The molecular weight excluding hydrogens is 908 g/mol. The van der Waals surface area contributed by atoms with E-state index in [2.05, 4.69) is 96.2 Å². The monoisotopic (exact) mass is 1020 g/mol. The molecule has 10 aliphatic carbocycles. The first-order chi connectivity index (χ1) is 33.9. The Morgan fingerprint density at radius 3 is 1.43 bits per heavy atom. The van der Waals surface area contributed by atoms with Crippen LogP contribution < -0.4 is 0 Å². The van der Waals surface area contributed by atoms with Gasteiger partial charge in [0.25, 0.3) is 0 Å². The molecule has 408 valence electrons. The molecule has 10 aliphatic rings. The SMILES string of the molecule is C=C(C)[C@@H]1CC[C@]2(C)CC[C@]3(C)C(CCC4[C@@]5(C)CCC(=O)[C@@](C)(COC(C)=O)C5CC[C@]43C)C12.C=C(C)[C@@H]1CC[C@]2(C)CC[C@]3(C)C(CCC4[C@@]5(C)CC[C@H](O)[C@@](C)(COC(C)=O)C5CC[C@]43C)C12.[2H]PC. The van der Waals surface area contributed by atoms with Crippen LogP contribution in [-0.2, 0) is 23.9 Å². The van der Waals surface area contributed by atoms with Gasteiger partial charge in [0.05, 0.1) is 19.4 Å². The molecule has 9 unspecified atom stereocenters. The molecular formula is C65H107O6P. The Kier molecular flexibility index (Phi) is 14.7. The van der Waals surface area contributed by atoms with Crippen LogP contribution >= 0.6 is 9.18 Å². The second-order valence-corrected chi connectivity index (χ2v) is 30.1. The minimum atomic E-state index is -0.542. The maximum absolute atomic E-state index is 13.3. The fourth-order valence-corrected chi connectivity index (χ4v) is 23.3. The van der Waals surface area contributed by atoms with E-state index in [-0.39, 0.29) is 40.9 Å². The third-order valence-electron chi connectivity index (χ3n) is 27.5. The van der Waals surface area contributed by atoms with Crippen LogP contribution in [0.2, 0.25) is 0 Å². The van der Waals surface area contributed by atoms with Gasteiger partial charge in [0.2, 0.25) is 0 Å². The molecule has 0 bridgehead atoms. The molecule has 72 heavy (non-hydrogen) atoms. The molecule has 0 saturated heterocycles. The van der Waals surface area contributed by atoms with Crippen LogP contribution in [0.5, 0.6) is 0 Å².